The summed E-state index contributed by atoms with van der Waals surface area (Å²) in [5.74, 6) is -1.53. The Labute approximate surface area is 125 Å². The number of hydrogen-bond acceptors (Lipinski definition) is 7. The van der Waals surface area contributed by atoms with Crippen LogP contribution in [0.4, 0.5) is 0 Å². The molecule has 0 fully saturated rings. The Kier molecular flexibility index (Phi) is 6.42. The quantitative estimate of drug-likeness (QED) is 0.332. The molecule has 1 aromatic heterocycles. The van der Waals surface area contributed by atoms with Gasteiger partial charge in [0.05, 0.1) is 18.9 Å². The van der Waals surface area contributed by atoms with E-state index < -0.39 is 33.0 Å². The molecule has 22 heavy (non-hydrogen) atoms. The Bertz CT molecular complexity index is 588. The lowest BCUT2D eigenvalue weighted by molar-refractivity contribution is -0.140. The summed E-state index contributed by atoms with van der Waals surface area (Å²) in [6.07, 6.45) is 1.26. The largest absolute Gasteiger partial charge is 0.506 e. The molecule has 0 radical (unpaired) electrons. The molecule has 11 heteroatoms. The topological polar surface area (TPSA) is 169 Å². The summed E-state index contributed by atoms with van der Waals surface area (Å²) in [4.78, 5) is 32.1. The van der Waals surface area contributed by atoms with Crippen LogP contribution >= 0.6 is 7.82 Å². The molecular formula is C11H17N2O8P. The average molecular weight is 336 g/mol. The fourth-order valence-electron chi connectivity index (χ4n) is 1.61. The van der Waals surface area contributed by atoms with Gasteiger partial charge in [-0.25, -0.2) is 4.57 Å². The zero-order valence-electron chi connectivity index (χ0n) is 11.6. The molecule has 1 rings (SSSR count). The number of aliphatic carboxylic acids is 1. The van der Waals surface area contributed by atoms with Crippen LogP contribution in [0.1, 0.15) is 16.8 Å². The van der Waals surface area contributed by atoms with E-state index in [1.807, 2.05) is 0 Å². The highest BCUT2D eigenvalue weighted by atomic mass is 31.2. The number of aryl methyl sites for hydroxylation is 1. The highest BCUT2D eigenvalue weighted by Gasteiger charge is 2.20. The zero-order chi connectivity index (χ0) is 16.9. The maximum atomic E-state index is 10.8. The van der Waals surface area contributed by atoms with Crippen molar-refractivity contribution in [2.45, 2.75) is 26.1 Å². The third-order valence-electron chi connectivity index (χ3n) is 2.82. The SMILES string of the molecule is Cc1ncc(COP(=O)(O)O)c(CN[C@@H](CO)C(=O)O)c1O. The monoisotopic (exact) mass is 336 g/mol. The number of phosphoric ester groups is 1. The molecule has 0 aromatic carbocycles. The Morgan fingerprint density at radius 3 is 2.64 bits per heavy atom. The number of hydrogen-bond donors (Lipinski definition) is 6. The first-order chi connectivity index (χ1) is 10.2. The molecule has 124 valence electrons. The van der Waals surface area contributed by atoms with E-state index in [2.05, 4.69) is 14.8 Å². The summed E-state index contributed by atoms with van der Waals surface area (Å²) >= 11 is 0. The zero-order valence-corrected chi connectivity index (χ0v) is 12.5. The van der Waals surface area contributed by atoms with Crippen molar-refractivity contribution in [3.8, 4) is 5.75 Å². The minimum absolute atomic E-state index is 0.160. The number of phosphoric acid groups is 1. The number of carboxylic acid groups (broad SMARTS) is 1. The van der Waals surface area contributed by atoms with Gasteiger partial charge in [0.15, 0.2) is 0 Å². The van der Waals surface area contributed by atoms with Gasteiger partial charge in [-0.15, -0.1) is 0 Å². The molecule has 6 N–H and O–H groups in total. The van der Waals surface area contributed by atoms with Crippen LogP contribution in [0.2, 0.25) is 0 Å². The Morgan fingerprint density at radius 1 is 1.50 bits per heavy atom. The fraction of sp³-hybridized carbons (Fsp3) is 0.455. The highest BCUT2D eigenvalue weighted by Crippen LogP contribution is 2.38. The van der Waals surface area contributed by atoms with Crippen molar-refractivity contribution in [3.05, 3.63) is 23.0 Å². The van der Waals surface area contributed by atoms with E-state index in [0.29, 0.717) is 0 Å². The van der Waals surface area contributed by atoms with Gasteiger partial charge in [-0.2, -0.15) is 0 Å². The first-order valence-electron chi connectivity index (χ1n) is 6.09. The highest BCUT2D eigenvalue weighted by molar-refractivity contribution is 7.46. The van der Waals surface area contributed by atoms with Crippen LogP contribution in [0.5, 0.6) is 5.75 Å². The van der Waals surface area contributed by atoms with Crippen LogP contribution in [-0.2, 0) is 27.0 Å². The van der Waals surface area contributed by atoms with Crippen LogP contribution < -0.4 is 5.32 Å². The summed E-state index contributed by atoms with van der Waals surface area (Å²) in [6.45, 7) is 0.174. The standard InChI is InChI=1S/C11H17N2O8P/c1-6-10(15)8(3-13-9(4-14)11(16)17)7(2-12-6)5-21-22(18,19)20/h2,9,13-15H,3-5H2,1H3,(H,16,17)(H2,18,19,20)/t9-/m0/s1. The van der Waals surface area contributed by atoms with Gasteiger partial charge in [0.2, 0.25) is 0 Å². The van der Waals surface area contributed by atoms with Crippen molar-refractivity contribution in [2.75, 3.05) is 6.61 Å². The van der Waals surface area contributed by atoms with Crippen LogP contribution in [0.25, 0.3) is 0 Å². The normalized spacial score (nSPS) is 13.1. The van der Waals surface area contributed by atoms with Crippen LogP contribution in [0.15, 0.2) is 6.20 Å². The van der Waals surface area contributed by atoms with Gasteiger partial charge in [-0.05, 0) is 6.92 Å². The van der Waals surface area contributed by atoms with Gasteiger partial charge in [0.25, 0.3) is 0 Å². The second-order valence-electron chi connectivity index (χ2n) is 4.41. The number of rotatable bonds is 8. The number of aliphatic hydroxyl groups is 1. The summed E-state index contributed by atoms with van der Waals surface area (Å²) < 4.78 is 15.1. The Hall–Kier alpha value is -1.55. The second-order valence-corrected chi connectivity index (χ2v) is 5.65. The molecule has 0 aliphatic rings. The summed E-state index contributed by atoms with van der Waals surface area (Å²) in [7, 11) is -4.70. The number of pyridine rings is 1. The van der Waals surface area contributed by atoms with E-state index in [4.69, 9.17) is 20.0 Å². The van der Waals surface area contributed by atoms with Crippen molar-refractivity contribution in [1.29, 1.82) is 0 Å². The summed E-state index contributed by atoms with van der Waals surface area (Å²) in [5, 5.41) is 30.2. The molecule has 10 nitrogen and oxygen atoms in total. The maximum absolute atomic E-state index is 10.8. The molecule has 0 unspecified atom stereocenters. The minimum atomic E-state index is -4.70. The number of aliphatic hydroxyl groups excluding tert-OH is 1. The van der Waals surface area contributed by atoms with Gasteiger partial charge in [-0.3, -0.25) is 19.6 Å². The van der Waals surface area contributed by atoms with E-state index in [-0.39, 0.29) is 29.1 Å². The molecule has 1 aromatic rings. The Morgan fingerprint density at radius 2 is 2.14 bits per heavy atom. The van der Waals surface area contributed by atoms with E-state index >= 15 is 0 Å². The third-order valence-corrected chi connectivity index (χ3v) is 3.29. The molecular weight excluding hydrogens is 319 g/mol. The molecule has 0 aliphatic heterocycles. The van der Waals surface area contributed by atoms with Crippen molar-refractivity contribution in [3.63, 3.8) is 0 Å². The van der Waals surface area contributed by atoms with Crippen LogP contribution in [0, 0.1) is 6.92 Å². The molecule has 0 saturated heterocycles. The van der Waals surface area contributed by atoms with Gasteiger partial charge in [-0.1, -0.05) is 0 Å². The van der Waals surface area contributed by atoms with Crippen molar-refractivity contribution in [1.82, 2.24) is 10.3 Å². The predicted molar refractivity (Wildman–Crippen MR) is 72.8 cm³/mol. The van der Waals surface area contributed by atoms with Crippen LogP contribution in [-0.4, -0.2) is 48.7 Å². The first kappa shape index (κ1) is 18.5. The maximum Gasteiger partial charge on any atom is 0.469 e. The number of aromatic hydroxyl groups is 1. The minimum Gasteiger partial charge on any atom is -0.506 e. The summed E-state index contributed by atoms with van der Waals surface area (Å²) in [5.41, 5.74) is 0.620. The predicted octanol–water partition coefficient (Wildman–Crippen LogP) is -0.760. The molecule has 1 heterocycles. The van der Waals surface area contributed by atoms with Gasteiger partial charge in [0.1, 0.15) is 11.8 Å². The van der Waals surface area contributed by atoms with Gasteiger partial charge < -0.3 is 25.1 Å². The lowest BCUT2D eigenvalue weighted by Crippen LogP contribution is -2.39. The molecule has 0 spiro atoms. The van der Waals surface area contributed by atoms with E-state index in [0.717, 1.165) is 0 Å². The van der Waals surface area contributed by atoms with E-state index in [1.54, 1.807) is 0 Å². The average Bonchev–Trinajstić information content (AvgIpc) is 2.41. The van der Waals surface area contributed by atoms with Gasteiger partial charge >= 0.3 is 13.8 Å². The second kappa shape index (κ2) is 7.63. The fourth-order valence-corrected chi connectivity index (χ4v) is 1.92. The van der Waals surface area contributed by atoms with Crippen LogP contribution in [0.3, 0.4) is 0 Å². The molecule has 0 aliphatic carbocycles. The summed E-state index contributed by atoms with van der Waals surface area (Å²) in [6, 6.07) is -1.25. The Balaban J connectivity index is 2.97. The first-order valence-corrected chi connectivity index (χ1v) is 7.62. The third kappa shape index (κ3) is 5.34. The number of carboxylic acids is 1. The smallest absolute Gasteiger partial charge is 0.469 e. The van der Waals surface area contributed by atoms with Gasteiger partial charge in [0, 0.05) is 23.9 Å². The lowest BCUT2D eigenvalue weighted by atomic mass is 10.1. The number of nitrogens with zero attached hydrogens (tertiary/aromatic N) is 1. The number of aromatic nitrogens is 1. The van der Waals surface area contributed by atoms with Crippen molar-refractivity contribution < 1.29 is 39.0 Å². The van der Waals surface area contributed by atoms with E-state index in [9.17, 15) is 14.5 Å². The number of carbonyl (C=O) groups is 1. The van der Waals surface area contributed by atoms with E-state index in [1.165, 1.54) is 13.1 Å². The van der Waals surface area contributed by atoms with Crippen molar-refractivity contribution in [2.24, 2.45) is 0 Å². The molecule has 0 amide bonds. The molecule has 0 saturated carbocycles. The lowest BCUT2D eigenvalue weighted by Gasteiger charge is -2.16. The number of nitrogens with one attached hydrogen (secondary N) is 1. The van der Waals surface area contributed by atoms with Crippen molar-refractivity contribution >= 4 is 13.8 Å². The molecule has 1 atom stereocenters. The molecule has 0 bridgehead atoms.